The standard InChI is InChI=1S/C25H22N4O3S/c1-18-10-12-19(13-11-18)25-20(17-29(28-25)22-7-3-2-4-8-22)14-15-24(30)27-21-6-5-9-23(16-21)33(26,31)32/h2-17H,1H3,(H,27,30)(H2,26,31,32)/b15-14+. The first-order valence-corrected chi connectivity index (χ1v) is 11.7. The average Bonchev–Trinajstić information content (AvgIpc) is 3.23. The summed E-state index contributed by atoms with van der Waals surface area (Å²) in [4.78, 5) is 12.4. The highest BCUT2D eigenvalue weighted by Crippen LogP contribution is 2.25. The van der Waals surface area contributed by atoms with Crippen LogP contribution in [0.3, 0.4) is 0 Å². The minimum atomic E-state index is -3.86. The van der Waals surface area contributed by atoms with Gasteiger partial charge in [0.1, 0.15) is 0 Å². The Hall–Kier alpha value is -4.01. The molecule has 0 radical (unpaired) electrons. The second-order valence-electron chi connectivity index (χ2n) is 7.47. The number of carbonyl (C=O) groups is 1. The molecule has 0 bridgehead atoms. The number of para-hydroxylation sites is 1. The number of benzene rings is 3. The molecule has 0 spiro atoms. The molecule has 0 aliphatic rings. The summed E-state index contributed by atoms with van der Waals surface area (Å²) in [5.41, 5.74) is 4.79. The largest absolute Gasteiger partial charge is 0.322 e. The van der Waals surface area contributed by atoms with Crippen molar-refractivity contribution in [2.75, 3.05) is 5.32 Å². The summed E-state index contributed by atoms with van der Waals surface area (Å²) in [6, 6.07) is 23.5. The Kier molecular flexibility index (Phi) is 6.21. The van der Waals surface area contributed by atoms with Gasteiger partial charge < -0.3 is 5.32 Å². The van der Waals surface area contributed by atoms with Crippen LogP contribution in [0.25, 0.3) is 23.0 Å². The fraction of sp³-hybridized carbons (Fsp3) is 0.0400. The summed E-state index contributed by atoms with van der Waals surface area (Å²) in [6.07, 6.45) is 4.92. The zero-order valence-corrected chi connectivity index (χ0v) is 18.7. The number of nitrogens with zero attached hydrogens (tertiary/aromatic N) is 2. The van der Waals surface area contributed by atoms with Gasteiger partial charge in [0.2, 0.25) is 15.9 Å². The summed E-state index contributed by atoms with van der Waals surface area (Å²) in [6.45, 7) is 2.02. The van der Waals surface area contributed by atoms with Gasteiger partial charge >= 0.3 is 0 Å². The second-order valence-corrected chi connectivity index (χ2v) is 9.04. The van der Waals surface area contributed by atoms with Crippen LogP contribution in [-0.2, 0) is 14.8 Å². The molecule has 0 saturated heterocycles. The Bertz CT molecular complexity index is 1420. The number of sulfonamides is 1. The molecule has 0 fully saturated rings. The highest BCUT2D eigenvalue weighted by molar-refractivity contribution is 7.89. The summed E-state index contributed by atoms with van der Waals surface area (Å²) in [5, 5.41) is 12.5. The molecule has 4 rings (SSSR count). The molecule has 166 valence electrons. The Labute approximate surface area is 192 Å². The van der Waals surface area contributed by atoms with E-state index in [4.69, 9.17) is 10.2 Å². The third-order valence-corrected chi connectivity index (χ3v) is 5.84. The van der Waals surface area contributed by atoms with Crippen LogP contribution in [0.2, 0.25) is 0 Å². The average molecular weight is 459 g/mol. The van der Waals surface area contributed by atoms with Crippen molar-refractivity contribution < 1.29 is 13.2 Å². The maximum absolute atomic E-state index is 12.5. The topological polar surface area (TPSA) is 107 Å². The van der Waals surface area contributed by atoms with Gasteiger partial charge in [-0.05, 0) is 43.3 Å². The SMILES string of the molecule is Cc1ccc(-c2nn(-c3ccccc3)cc2/C=C/C(=O)Nc2cccc(S(N)(=O)=O)c2)cc1. The minimum absolute atomic E-state index is 0.0740. The van der Waals surface area contributed by atoms with Crippen LogP contribution in [0, 0.1) is 6.92 Å². The van der Waals surface area contributed by atoms with Crippen molar-refractivity contribution in [3.8, 4) is 16.9 Å². The van der Waals surface area contributed by atoms with E-state index in [0.29, 0.717) is 5.69 Å². The Morgan fingerprint density at radius 3 is 2.42 bits per heavy atom. The number of hydrogen-bond donors (Lipinski definition) is 2. The van der Waals surface area contributed by atoms with E-state index in [9.17, 15) is 13.2 Å². The summed E-state index contributed by atoms with van der Waals surface area (Å²) >= 11 is 0. The minimum Gasteiger partial charge on any atom is -0.322 e. The third kappa shape index (κ3) is 5.43. The van der Waals surface area contributed by atoms with Crippen molar-refractivity contribution in [3.63, 3.8) is 0 Å². The molecule has 0 unspecified atom stereocenters. The molecule has 4 aromatic rings. The van der Waals surface area contributed by atoms with Gasteiger partial charge in [0, 0.05) is 29.1 Å². The van der Waals surface area contributed by atoms with Crippen LogP contribution in [0.15, 0.2) is 96.0 Å². The lowest BCUT2D eigenvalue weighted by Gasteiger charge is -2.04. The molecule has 8 heteroatoms. The molecular weight excluding hydrogens is 436 g/mol. The van der Waals surface area contributed by atoms with E-state index in [1.807, 2.05) is 67.7 Å². The molecule has 0 aliphatic carbocycles. The number of nitrogens with two attached hydrogens (primary N) is 1. The highest BCUT2D eigenvalue weighted by atomic mass is 32.2. The number of primary sulfonamides is 1. The van der Waals surface area contributed by atoms with E-state index < -0.39 is 15.9 Å². The van der Waals surface area contributed by atoms with Crippen LogP contribution in [0.5, 0.6) is 0 Å². The zero-order valence-electron chi connectivity index (χ0n) is 17.8. The number of nitrogens with one attached hydrogen (secondary N) is 1. The van der Waals surface area contributed by atoms with Crippen LogP contribution in [0.1, 0.15) is 11.1 Å². The molecule has 1 amide bonds. The van der Waals surface area contributed by atoms with Gasteiger partial charge in [0.25, 0.3) is 0 Å². The molecule has 1 heterocycles. The van der Waals surface area contributed by atoms with Crippen molar-refractivity contribution in [3.05, 3.63) is 102 Å². The monoisotopic (exact) mass is 458 g/mol. The predicted octanol–water partition coefficient (Wildman–Crippen LogP) is 4.15. The molecular formula is C25H22N4O3S. The van der Waals surface area contributed by atoms with Crippen LogP contribution in [-0.4, -0.2) is 24.1 Å². The maximum Gasteiger partial charge on any atom is 0.248 e. The van der Waals surface area contributed by atoms with Crippen molar-refractivity contribution in [2.24, 2.45) is 5.14 Å². The van der Waals surface area contributed by atoms with E-state index in [-0.39, 0.29) is 4.90 Å². The molecule has 0 atom stereocenters. The molecule has 0 aliphatic heterocycles. The molecule has 0 saturated carbocycles. The molecule has 3 N–H and O–H groups in total. The van der Waals surface area contributed by atoms with Crippen molar-refractivity contribution in [1.29, 1.82) is 0 Å². The first kappa shape index (κ1) is 22.2. The summed E-state index contributed by atoms with van der Waals surface area (Å²) < 4.78 is 24.8. The number of amides is 1. The molecule has 1 aromatic heterocycles. The van der Waals surface area contributed by atoms with E-state index in [2.05, 4.69) is 5.32 Å². The predicted molar refractivity (Wildman–Crippen MR) is 129 cm³/mol. The van der Waals surface area contributed by atoms with Gasteiger partial charge in [-0.25, -0.2) is 18.2 Å². The summed E-state index contributed by atoms with van der Waals surface area (Å²) in [5.74, 6) is -0.413. The zero-order chi connectivity index (χ0) is 23.4. The molecule has 3 aromatic carbocycles. The number of aryl methyl sites for hydroxylation is 1. The van der Waals surface area contributed by atoms with Crippen LogP contribution >= 0.6 is 0 Å². The van der Waals surface area contributed by atoms with E-state index in [0.717, 1.165) is 28.1 Å². The second kappa shape index (κ2) is 9.23. The van der Waals surface area contributed by atoms with E-state index in [1.165, 1.54) is 24.3 Å². The normalized spacial score (nSPS) is 11.6. The van der Waals surface area contributed by atoms with Crippen LogP contribution in [0.4, 0.5) is 5.69 Å². The Morgan fingerprint density at radius 1 is 1.00 bits per heavy atom. The van der Waals surface area contributed by atoms with Gasteiger partial charge in [-0.1, -0.05) is 54.1 Å². The van der Waals surface area contributed by atoms with Gasteiger partial charge in [0.15, 0.2) is 0 Å². The lowest BCUT2D eigenvalue weighted by atomic mass is 10.1. The Balaban J connectivity index is 1.63. The first-order chi connectivity index (χ1) is 15.8. The lowest BCUT2D eigenvalue weighted by molar-refractivity contribution is -0.111. The van der Waals surface area contributed by atoms with Gasteiger partial charge in [-0.3, -0.25) is 4.79 Å². The van der Waals surface area contributed by atoms with Gasteiger partial charge in [-0.15, -0.1) is 0 Å². The van der Waals surface area contributed by atoms with Gasteiger partial charge in [-0.2, -0.15) is 5.10 Å². The first-order valence-electron chi connectivity index (χ1n) is 10.1. The third-order valence-electron chi connectivity index (χ3n) is 4.93. The quantitative estimate of drug-likeness (QED) is 0.423. The maximum atomic E-state index is 12.5. The number of anilines is 1. The van der Waals surface area contributed by atoms with Crippen molar-refractivity contribution in [1.82, 2.24) is 9.78 Å². The Morgan fingerprint density at radius 2 is 1.73 bits per heavy atom. The fourth-order valence-corrected chi connectivity index (χ4v) is 3.82. The highest BCUT2D eigenvalue weighted by Gasteiger charge is 2.12. The number of carbonyl (C=O) groups excluding carboxylic acids is 1. The van der Waals surface area contributed by atoms with Crippen molar-refractivity contribution >= 4 is 27.7 Å². The molecule has 33 heavy (non-hydrogen) atoms. The summed E-state index contributed by atoms with van der Waals surface area (Å²) in [7, 11) is -3.86. The lowest BCUT2D eigenvalue weighted by Crippen LogP contribution is -2.13. The van der Waals surface area contributed by atoms with Crippen molar-refractivity contribution in [2.45, 2.75) is 11.8 Å². The number of aromatic nitrogens is 2. The fourth-order valence-electron chi connectivity index (χ4n) is 3.26. The van der Waals surface area contributed by atoms with Gasteiger partial charge in [0.05, 0.1) is 16.3 Å². The van der Waals surface area contributed by atoms with E-state index >= 15 is 0 Å². The number of hydrogen-bond acceptors (Lipinski definition) is 4. The van der Waals surface area contributed by atoms with Crippen LogP contribution < -0.4 is 10.5 Å². The van der Waals surface area contributed by atoms with E-state index in [1.54, 1.807) is 16.8 Å². The molecule has 7 nitrogen and oxygen atoms in total. The smallest absolute Gasteiger partial charge is 0.248 e. The number of rotatable bonds is 6.